The average molecular weight is 282 g/mol. The predicted molar refractivity (Wildman–Crippen MR) is 75.8 cm³/mol. The zero-order chi connectivity index (χ0) is 15.2. The van der Waals surface area contributed by atoms with Gasteiger partial charge in [0, 0.05) is 0 Å². The van der Waals surface area contributed by atoms with Crippen molar-refractivity contribution in [3.63, 3.8) is 0 Å². The molecule has 0 aromatic carbocycles. The van der Waals surface area contributed by atoms with Crippen LogP contribution in [-0.4, -0.2) is 48.8 Å². The molecule has 0 saturated carbocycles. The second kappa shape index (κ2) is 7.61. The van der Waals surface area contributed by atoms with Crippen LogP contribution in [0.1, 0.15) is 39.5 Å². The molecule has 1 atom stereocenters. The summed E-state index contributed by atoms with van der Waals surface area (Å²) in [5, 5.41) is 18.8. The maximum atomic E-state index is 11.3. The number of likely N-dealkylation sites (tertiary alicyclic amines) is 1. The Kier molecular flexibility index (Phi) is 6.44. The van der Waals surface area contributed by atoms with E-state index in [1.54, 1.807) is 0 Å². The Morgan fingerprint density at radius 3 is 2.60 bits per heavy atom. The zero-order valence-corrected chi connectivity index (χ0v) is 12.8. The second-order valence-electron chi connectivity index (χ2n) is 6.25. The van der Waals surface area contributed by atoms with Crippen molar-refractivity contribution in [2.75, 3.05) is 26.7 Å². The number of esters is 1. The number of hydrogen-bond acceptors (Lipinski definition) is 5. The van der Waals surface area contributed by atoms with E-state index >= 15 is 0 Å². The molecule has 1 N–H and O–H groups in total. The highest BCUT2D eigenvalue weighted by Crippen LogP contribution is 2.24. The highest BCUT2D eigenvalue weighted by atomic mass is 16.5. The minimum atomic E-state index is -0.986. The van der Waals surface area contributed by atoms with E-state index in [9.17, 15) is 9.90 Å². The molecule has 1 rings (SSSR count). The number of carbonyl (C=O) groups excluding carboxylic acids is 1. The van der Waals surface area contributed by atoms with Crippen LogP contribution in [-0.2, 0) is 9.53 Å². The van der Waals surface area contributed by atoms with Gasteiger partial charge in [0.05, 0.1) is 18.6 Å². The SMILES string of the molecule is COC(=O)C(O)C1CCN(CCCC(C)(C)C#N)CC1. The molecule has 1 unspecified atom stereocenters. The summed E-state index contributed by atoms with van der Waals surface area (Å²) in [6.45, 7) is 6.70. The first-order valence-corrected chi connectivity index (χ1v) is 7.29. The number of aliphatic hydroxyl groups excluding tert-OH is 1. The minimum Gasteiger partial charge on any atom is -0.467 e. The quantitative estimate of drug-likeness (QED) is 0.748. The Hall–Kier alpha value is -1.12. The van der Waals surface area contributed by atoms with E-state index in [0.717, 1.165) is 45.3 Å². The first-order valence-electron chi connectivity index (χ1n) is 7.29. The fraction of sp³-hybridized carbons (Fsp3) is 0.867. The fourth-order valence-corrected chi connectivity index (χ4v) is 2.61. The molecule has 0 aliphatic carbocycles. The van der Waals surface area contributed by atoms with E-state index in [-0.39, 0.29) is 11.3 Å². The molecule has 114 valence electrons. The number of aliphatic hydroxyl groups is 1. The van der Waals surface area contributed by atoms with Crippen LogP contribution < -0.4 is 0 Å². The molecule has 1 saturated heterocycles. The Labute approximate surface area is 121 Å². The number of nitriles is 1. The van der Waals surface area contributed by atoms with Crippen LogP contribution >= 0.6 is 0 Å². The molecule has 1 heterocycles. The van der Waals surface area contributed by atoms with Gasteiger partial charge in [-0.15, -0.1) is 0 Å². The Bertz CT molecular complexity index is 355. The Morgan fingerprint density at radius 1 is 1.50 bits per heavy atom. The van der Waals surface area contributed by atoms with Gasteiger partial charge in [-0.3, -0.25) is 0 Å². The monoisotopic (exact) mass is 282 g/mol. The summed E-state index contributed by atoms with van der Waals surface area (Å²) in [5.41, 5.74) is -0.251. The van der Waals surface area contributed by atoms with Crippen molar-refractivity contribution in [3.8, 4) is 6.07 Å². The molecule has 0 amide bonds. The number of piperidine rings is 1. The molecule has 5 heteroatoms. The number of hydrogen-bond donors (Lipinski definition) is 1. The molecular weight excluding hydrogens is 256 g/mol. The molecule has 0 spiro atoms. The third kappa shape index (κ3) is 5.10. The largest absolute Gasteiger partial charge is 0.467 e. The van der Waals surface area contributed by atoms with Crippen molar-refractivity contribution in [2.45, 2.75) is 45.6 Å². The van der Waals surface area contributed by atoms with E-state index in [0.29, 0.717) is 0 Å². The molecule has 0 aromatic heterocycles. The van der Waals surface area contributed by atoms with Crippen LogP contribution in [0.15, 0.2) is 0 Å². The number of methoxy groups -OCH3 is 1. The minimum absolute atomic E-state index is 0.00856. The summed E-state index contributed by atoms with van der Waals surface area (Å²) in [6.07, 6.45) is 2.55. The number of carbonyl (C=O) groups is 1. The molecular formula is C15H26N2O3. The molecule has 1 fully saturated rings. The van der Waals surface area contributed by atoms with Gasteiger partial charge in [0.15, 0.2) is 6.10 Å². The van der Waals surface area contributed by atoms with Gasteiger partial charge in [-0.05, 0) is 65.1 Å². The molecule has 1 aliphatic rings. The molecule has 1 aliphatic heterocycles. The van der Waals surface area contributed by atoms with E-state index in [4.69, 9.17) is 5.26 Å². The number of rotatable bonds is 6. The topological polar surface area (TPSA) is 73.6 Å². The zero-order valence-electron chi connectivity index (χ0n) is 12.8. The Balaban J connectivity index is 2.26. The maximum absolute atomic E-state index is 11.3. The summed E-state index contributed by atoms with van der Waals surface area (Å²) in [5.74, 6) is -0.520. The normalized spacial score (nSPS) is 19.4. The van der Waals surface area contributed by atoms with Gasteiger partial charge in [-0.25, -0.2) is 4.79 Å². The number of nitrogens with zero attached hydrogens (tertiary/aromatic N) is 2. The van der Waals surface area contributed by atoms with Crippen LogP contribution in [0.2, 0.25) is 0 Å². The van der Waals surface area contributed by atoms with Crippen molar-refractivity contribution in [2.24, 2.45) is 11.3 Å². The predicted octanol–water partition coefficient (Wildman–Crippen LogP) is 1.56. The van der Waals surface area contributed by atoms with Crippen molar-refractivity contribution < 1.29 is 14.6 Å². The lowest BCUT2D eigenvalue weighted by atomic mass is 9.88. The van der Waals surface area contributed by atoms with Gasteiger partial charge < -0.3 is 14.7 Å². The third-order valence-electron chi connectivity index (χ3n) is 4.10. The van der Waals surface area contributed by atoms with Crippen molar-refractivity contribution >= 4 is 5.97 Å². The van der Waals surface area contributed by atoms with Gasteiger partial charge in [0.25, 0.3) is 0 Å². The van der Waals surface area contributed by atoms with Crippen LogP contribution in [0, 0.1) is 22.7 Å². The van der Waals surface area contributed by atoms with Gasteiger partial charge in [-0.2, -0.15) is 5.26 Å². The first-order chi connectivity index (χ1) is 9.39. The van der Waals surface area contributed by atoms with Crippen LogP contribution in [0.5, 0.6) is 0 Å². The van der Waals surface area contributed by atoms with Crippen LogP contribution in [0.3, 0.4) is 0 Å². The lowest BCUT2D eigenvalue weighted by Crippen LogP contribution is -2.41. The average Bonchev–Trinajstić information content (AvgIpc) is 2.46. The van der Waals surface area contributed by atoms with Gasteiger partial charge >= 0.3 is 5.97 Å². The highest BCUT2D eigenvalue weighted by molar-refractivity contribution is 5.74. The van der Waals surface area contributed by atoms with Gasteiger partial charge in [-0.1, -0.05) is 0 Å². The highest BCUT2D eigenvalue weighted by Gasteiger charge is 2.30. The lowest BCUT2D eigenvalue weighted by Gasteiger charge is -2.33. The van der Waals surface area contributed by atoms with E-state index in [2.05, 4.69) is 15.7 Å². The van der Waals surface area contributed by atoms with Crippen molar-refractivity contribution in [1.82, 2.24) is 4.90 Å². The second-order valence-corrected chi connectivity index (χ2v) is 6.25. The Morgan fingerprint density at radius 2 is 2.10 bits per heavy atom. The lowest BCUT2D eigenvalue weighted by molar-refractivity contribution is -0.154. The van der Waals surface area contributed by atoms with Crippen molar-refractivity contribution in [1.29, 1.82) is 5.26 Å². The molecule has 0 radical (unpaired) electrons. The molecule has 0 bridgehead atoms. The van der Waals surface area contributed by atoms with Gasteiger partial charge in [0.2, 0.25) is 0 Å². The fourth-order valence-electron chi connectivity index (χ4n) is 2.61. The summed E-state index contributed by atoms with van der Waals surface area (Å²) >= 11 is 0. The molecule has 5 nitrogen and oxygen atoms in total. The summed E-state index contributed by atoms with van der Waals surface area (Å²) in [6, 6.07) is 2.32. The first kappa shape index (κ1) is 16.9. The summed E-state index contributed by atoms with van der Waals surface area (Å²) in [7, 11) is 1.30. The number of ether oxygens (including phenoxy) is 1. The van der Waals surface area contributed by atoms with E-state index in [1.165, 1.54) is 7.11 Å². The standard InChI is InChI=1S/C15H26N2O3/c1-15(2,11-16)7-4-8-17-9-5-12(6-10-17)13(18)14(19)20-3/h12-13,18H,4-10H2,1-3H3. The van der Waals surface area contributed by atoms with Crippen LogP contribution in [0.4, 0.5) is 0 Å². The van der Waals surface area contributed by atoms with Crippen molar-refractivity contribution in [3.05, 3.63) is 0 Å². The summed E-state index contributed by atoms with van der Waals surface area (Å²) in [4.78, 5) is 13.6. The van der Waals surface area contributed by atoms with E-state index in [1.807, 2.05) is 13.8 Å². The van der Waals surface area contributed by atoms with Crippen LogP contribution in [0.25, 0.3) is 0 Å². The maximum Gasteiger partial charge on any atom is 0.334 e. The molecule has 20 heavy (non-hydrogen) atoms. The summed E-state index contributed by atoms with van der Waals surface area (Å²) < 4.78 is 4.57. The smallest absolute Gasteiger partial charge is 0.334 e. The third-order valence-corrected chi connectivity index (χ3v) is 4.10. The van der Waals surface area contributed by atoms with Gasteiger partial charge in [0.1, 0.15) is 0 Å². The van der Waals surface area contributed by atoms with E-state index < -0.39 is 12.1 Å². The molecule has 0 aromatic rings.